The van der Waals surface area contributed by atoms with Crippen LogP contribution in [-0.2, 0) is 9.59 Å². The average Bonchev–Trinajstić information content (AvgIpc) is 3.33. The number of nitrogens with zero attached hydrogens (tertiary/aromatic N) is 2. The monoisotopic (exact) mass is 449 g/mol. The first-order valence-electron chi connectivity index (χ1n) is 10.9. The fourth-order valence-corrected chi connectivity index (χ4v) is 4.62. The standard InChI is InChI=1S/C21H23N3O.C4H4O4/c1-24-17-4-5-18(24)12-19(11-17)25-21-7-3-16(13-23-21)14-2-6-20-15(10-14)8-9-22-20;5-3(6)1-2-4(7)8/h2-3,6-10,13,17-19,22H,4-5,11-12H2,1H3;1-2H,(H,5,6)(H,7,8)/b;2-1+. The van der Waals surface area contributed by atoms with Gasteiger partial charge in [0.2, 0.25) is 5.88 Å². The molecular formula is C25H27N3O5. The van der Waals surface area contributed by atoms with Gasteiger partial charge in [-0.1, -0.05) is 6.07 Å². The predicted molar refractivity (Wildman–Crippen MR) is 124 cm³/mol. The number of aromatic amines is 1. The van der Waals surface area contributed by atoms with Crippen molar-refractivity contribution in [2.45, 2.75) is 43.9 Å². The molecule has 2 unspecified atom stereocenters. The second-order valence-corrected chi connectivity index (χ2v) is 8.44. The van der Waals surface area contributed by atoms with Crippen molar-refractivity contribution in [2.75, 3.05) is 7.05 Å². The maximum Gasteiger partial charge on any atom is 0.328 e. The van der Waals surface area contributed by atoms with E-state index in [0.29, 0.717) is 30.3 Å². The highest BCUT2D eigenvalue weighted by atomic mass is 16.5. The van der Waals surface area contributed by atoms with Crippen LogP contribution >= 0.6 is 0 Å². The third-order valence-electron chi connectivity index (χ3n) is 6.33. The van der Waals surface area contributed by atoms with Crippen molar-refractivity contribution in [3.63, 3.8) is 0 Å². The lowest BCUT2D eigenvalue weighted by molar-refractivity contribution is -0.134. The Morgan fingerprint density at radius 1 is 1.03 bits per heavy atom. The van der Waals surface area contributed by atoms with Crippen molar-refractivity contribution in [1.82, 2.24) is 14.9 Å². The summed E-state index contributed by atoms with van der Waals surface area (Å²) in [5.74, 6) is -1.76. The van der Waals surface area contributed by atoms with Crippen molar-refractivity contribution < 1.29 is 24.5 Å². The van der Waals surface area contributed by atoms with E-state index in [1.807, 2.05) is 18.5 Å². The maximum absolute atomic E-state index is 9.55. The first kappa shape index (κ1) is 22.5. The molecule has 172 valence electrons. The number of pyridine rings is 1. The van der Waals surface area contributed by atoms with Gasteiger partial charge in [-0.3, -0.25) is 0 Å². The molecule has 8 nitrogen and oxygen atoms in total. The second-order valence-electron chi connectivity index (χ2n) is 8.44. The number of aliphatic carboxylic acids is 2. The van der Waals surface area contributed by atoms with Gasteiger partial charge in [-0.05, 0) is 67.9 Å². The van der Waals surface area contributed by atoms with E-state index in [2.05, 4.69) is 52.2 Å². The van der Waals surface area contributed by atoms with E-state index < -0.39 is 11.9 Å². The molecule has 2 aliphatic heterocycles. The molecule has 5 rings (SSSR count). The quantitative estimate of drug-likeness (QED) is 0.505. The Bertz CT molecular complexity index is 1120. The molecule has 0 aliphatic carbocycles. The number of carboxylic acid groups (broad SMARTS) is 2. The minimum absolute atomic E-state index is 0.309. The van der Waals surface area contributed by atoms with Crippen molar-refractivity contribution in [3.8, 4) is 17.0 Å². The maximum atomic E-state index is 9.55. The number of ether oxygens (including phenoxy) is 1. The number of piperidine rings is 1. The van der Waals surface area contributed by atoms with Crippen LogP contribution in [0.3, 0.4) is 0 Å². The third kappa shape index (κ3) is 5.59. The van der Waals surface area contributed by atoms with Crippen LogP contribution in [0.25, 0.3) is 22.0 Å². The van der Waals surface area contributed by atoms with Gasteiger partial charge < -0.3 is 24.8 Å². The normalized spacial score (nSPS) is 22.2. The summed E-state index contributed by atoms with van der Waals surface area (Å²) >= 11 is 0. The topological polar surface area (TPSA) is 116 Å². The van der Waals surface area contributed by atoms with E-state index in [4.69, 9.17) is 14.9 Å². The molecular weight excluding hydrogens is 422 g/mol. The number of nitrogens with one attached hydrogen (secondary N) is 1. The van der Waals surface area contributed by atoms with Gasteiger partial charge >= 0.3 is 11.9 Å². The van der Waals surface area contributed by atoms with Crippen LogP contribution in [0.15, 0.2) is 60.9 Å². The first-order valence-corrected chi connectivity index (χ1v) is 10.9. The van der Waals surface area contributed by atoms with Gasteiger partial charge in [-0.2, -0.15) is 0 Å². The lowest BCUT2D eigenvalue weighted by atomic mass is 10.0. The molecule has 3 N–H and O–H groups in total. The van der Waals surface area contributed by atoms with Crippen molar-refractivity contribution in [3.05, 3.63) is 60.9 Å². The summed E-state index contributed by atoms with van der Waals surface area (Å²) in [4.78, 5) is 29.4. The number of aromatic nitrogens is 2. The Balaban J connectivity index is 0.000000281. The van der Waals surface area contributed by atoms with Crippen LogP contribution in [0.1, 0.15) is 25.7 Å². The third-order valence-corrected chi connectivity index (χ3v) is 6.33. The zero-order valence-corrected chi connectivity index (χ0v) is 18.3. The van der Waals surface area contributed by atoms with E-state index in [-0.39, 0.29) is 0 Å². The molecule has 2 fully saturated rings. The number of hydrogen-bond donors (Lipinski definition) is 3. The molecule has 0 radical (unpaired) electrons. The summed E-state index contributed by atoms with van der Waals surface area (Å²) in [5, 5.41) is 16.8. The summed E-state index contributed by atoms with van der Waals surface area (Å²) in [6, 6.07) is 14.0. The van der Waals surface area contributed by atoms with Crippen LogP contribution in [0.2, 0.25) is 0 Å². The fraction of sp³-hybridized carbons (Fsp3) is 0.320. The van der Waals surface area contributed by atoms with Gasteiger partial charge in [0.1, 0.15) is 6.10 Å². The number of H-pyrrole nitrogens is 1. The molecule has 8 heteroatoms. The van der Waals surface area contributed by atoms with Crippen LogP contribution in [0, 0.1) is 0 Å². The summed E-state index contributed by atoms with van der Waals surface area (Å²) in [5.41, 5.74) is 3.47. The summed E-state index contributed by atoms with van der Waals surface area (Å²) in [7, 11) is 2.26. The highest BCUT2D eigenvalue weighted by molar-refractivity contribution is 5.89. The molecule has 1 aromatic carbocycles. The highest BCUT2D eigenvalue weighted by Crippen LogP contribution is 2.35. The van der Waals surface area contributed by atoms with Crippen LogP contribution in [-0.4, -0.2) is 62.3 Å². The first-order chi connectivity index (χ1) is 15.9. The minimum atomic E-state index is -1.26. The zero-order valence-electron chi connectivity index (χ0n) is 18.3. The van der Waals surface area contributed by atoms with E-state index in [0.717, 1.165) is 29.8 Å². The Hall–Kier alpha value is -3.65. The largest absolute Gasteiger partial charge is 0.478 e. The van der Waals surface area contributed by atoms with E-state index in [9.17, 15) is 9.59 Å². The molecule has 0 spiro atoms. The molecule has 0 amide bonds. The molecule has 0 saturated carbocycles. The zero-order chi connectivity index (χ0) is 23.4. The van der Waals surface area contributed by atoms with E-state index >= 15 is 0 Å². The number of hydrogen-bond acceptors (Lipinski definition) is 5. The molecule has 33 heavy (non-hydrogen) atoms. The summed E-state index contributed by atoms with van der Waals surface area (Å²) in [6.07, 6.45) is 10.2. The Morgan fingerprint density at radius 3 is 2.30 bits per heavy atom. The van der Waals surface area contributed by atoms with Crippen molar-refractivity contribution >= 4 is 22.8 Å². The average molecular weight is 450 g/mol. The Labute approximate surface area is 191 Å². The fourth-order valence-electron chi connectivity index (χ4n) is 4.62. The lowest BCUT2D eigenvalue weighted by Gasteiger charge is -2.36. The molecule has 2 saturated heterocycles. The summed E-state index contributed by atoms with van der Waals surface area (Å²) in [6.45, 7) is 0. The number of carboxylic acids is 2. The van der Waals surface area contributed by atoms with Crippen molar-refractivity contribution in [2.24, 2.45) is 0 Å². The van der Waals surface area contributed by atoms with Gasteiger partial charge in [-0.25, -0.2) is 14.6 Å². The Morgan fingerprint density at radius 2 is 1.70 bits per heavy atom. The predicted octanol–water partition coefficient (Wildman–Crippen LogP) is 3.95. The van der Waals surface area contributed by atoms with Crippen LogP contribution in [0.5, 0.6) is 5.88 Å². The van der Waals surface area contributed by atoms with Crippen LogP contribution in [0.4, 0.5) is 0 Å². The van der Waals surface area contributed by atoms with E-state index in [1.54, 1.807) is 0 Å². The van der Waals surface area contributed by atoms with Gasteiger partial charge in [-0.15, -0.1) is 0 Å². The SMILES string of the molecule is CN1C2CCC1CC(Oc1ccc(-c3ccc4[nH]ccc4c3)cn1)C2.O=C(O)/C=C/C(=O)O. The number of benzene rings is 1. The van der Waals surface area contributed by atoms with Gasteiger partial charge in [0.05, 0.1) is 0 Å². The Kier molecular flexibility index (Phi) is 6.74. The molecule has 2 atom stereocenters. The summed E-state index contributed by atoms with van der Waals surface area (Å²) < 4.78 is 6.19. The molecule has 3 aromatic rings. The lowest BCUT2D eigenvalue weighted by Crippen LogP contribution is -2.43. The molecule has 2 bridgehead atoms. The molecule has 2 aliphatic rings. The van der Waals surface area contributed by atoms with Gasteiger partial charge in [0, 0.05) is 53.8 Å². The molecule has 4 heterocycles. The number of carbonyl (C=O) groups is 2. The van der Waals surface area contributed by atoms with Gasteiger partial charge in [0.15, 0.2) is 0 Å². The minimum Gasteiger partial charge on any atom is -0.478 e. The molecule has 2 aromatic heterocycles. The van der Waals surface area contributed by atoms with E-state index in [1.165, 1.54) is 23.8 Å². The smallest absolute Gasteiger partial charge is 0.328 e. The van der Waals surface area contributed by atoms with Crippen molar-refractivity contribution in [1.29, 1.82) is 0 Å². The number of rotatable bonds is 5. The highest BCUT2D eigenvalue weighted by Gasteiger charge is 2.39. The van der Waals surface area contributed by atoms with Crippen LogP contribution < -0.4 is 4.74 Å². The second kappa shape index (κ2) is 9.87. The van der Waals surface area contributed by atoms with Gasteiger partial charge in [0.25, 0.3) is 0 Å². The number of fused-ring (bicyclic) bond motifs is 3.